The minimum Gasteiger partial charge on any atom is -0.484 e. The van der Waals surface area contributed by atoms with Crippen LogP contribution in [0.25, 0.3) is 11.1 Å². The highest BCUT2D eigenvalue weighted by Crippen LogP contribution is 2.40. The Morgan fingerprint density at radius 2 is 1.78 bits per heavy atom. The summed E-state index contributed by atoms with van der Waals surface area (Å²) in [6.07, 6.45) is 2.79. The number of ether oxygens (including phenoxy) is 2. The van der Waals surface area contributed by atoms with Crippen molar-refractivity contribution >= 4 is 28.2 Å². The summed E-state index contributed by atoms with van der Waals surface area (Å²) >= 11 is 1.48. The summed E-state index contributed by atoms with van der Waals surface area (Å²) in [5.74, 6) is 0.522. The van der Waals surface area contributed by atoms with E-state index in [9.17, 15) is 9.59 Å². The van der Waals surface area contributed by atoms with Crippen LogP contribution in [-0.4, -0.2) is 25.1 Å². The first-order chi connectivity index (χ1) is 15.5. The van der Waals surface area contributed by atoms with Crippen LogP contribution >= 0.6 is 11.3 Å². The van der Waals surface area contributed by atoms with Crippen LogP contribution in [0.15, 0.2) is 54.6 Å². The Labute approximate surface area is 192 Å². The number of carbonyl (C=O) groups is 2. The number of hydrogen-bond donors (Lipinski definition) is 1. The number of carbonyl (C=O) groups excluding carboxylic acids is 2. The van der Waals surface area contributed by atoms with Crippen LogP contribution in [0.4, 0.5) is 5.00 Å². The number of nitrogens with one attached hydrogen (secondary N) is 1. The Hall–Kier alpha value is -3.12. The number of fused-ring (bicyclic) bond motifs is 1. The van der Waals surface area contributed by atoms with Crippen molar-refractivity contribution in [2.45, 2.75) is 33.1 Å². The third-order valence-corrected chi connectivity index (χ3v) is 6.75. The van der Waals surface area contributed by atoms with Gasteiger partial charge in [0.25, 0.3) is 5.91 Å². The first-order valence-electron chi connectivity index (χ1n) is 10.9. The lowest BCUT2D eigenvalue weighted by atomic mass is 9.88. The lowest BCUT2D eigenvalue weighted by molar-refractivity contribution is -0.118. The first kappa shape index (κ1) is 22.1. The monoisotopic (exact) mass is 449 g/mol. The third kappa shape index (κ3) is 5.02. The van der Waals surface area contributed by atoms with Crippen LogP contribution < -0.4 is 10.1 Å². The van der Waals surface area contributed by atoms with Crippen LogP contribution in [0.1, 0.15) is 41.1 Å². The van der Waals surface area contributed by atoms with E-state index in [1.165, 1.54) is 16.2 Å². The second-order valence-corrected chi connectivity index (χ2v) is 9.11. The van der Waals surface area contributed by atoms with Crippen LogP contribution in [0, 0.1) is 5.92 Å². The van der Waals surface area contributed by atoms with E-state index in [4.69, 9.17) is 9.47 Å². The highest BCUT2D eigenvalue weighted by Gasteiger charge is 2.29. The molecule has 0 aliphatic heterocycles. The summed E-state index contributed by atoms with van der Waals surface area (Å²) in [7, 11) is 0. The topological polar surface area (TPSA) is 64.6 Å². The van der Waals surface area contributed by atoms with Gasteiger partial charge in [-0.2, -0.15) is 0 Å². The van der Waals surface area contributed by atoms with E-state index in [0.717, 1.165) is 36.0 Å². The molecular weight excluding hydrogens is 422 g/mol. The Balaban J connectivity index is 1.42. The quantitative estimate of drug-likeness (QED) is 0.468. The Bertz CT molecular complexity index is 1090. The summed E-state index contributed by atoms with van der Waals surface area (Å²) in [5, 5.41) is 3.45. The van der Waals surface area contributed by atoms with Gasteiger partial charge in [-0.3, -0.25) is 4.79 Å². The van der Waals surface area contributed by atoms with Crippen molar-refractivity contribution in [3.63, 3.8) is 0 Å². The maximum Gasteiger partial charge on any atom is 0.341 e. The fourth-order valence-electron chi connectivity index (χ4n) is 3.94. The maximum atomic E-state index is 12.6. The van der Waals surface area contributed by atoms with Gasteiger partial charge in [-0.25, -0.2) is 4.79 Å². The Morgan fingerprint density at radius 1 is 1.06 bits per heavy atom. The number of anilines is 1. The molecule has 0 saturated heterocycles. The molecule has 0 saturated carbocycles. The second kappa shape index (κ2) is 10.0. The van der Waals surface area contributed by atoms with E-state index in [2.05, 4.69) is 12.2 Å². The lowest BCUT2D eigenvalue weighted by Gasteiger charge is -2.18. The number of amides is 1. The van der Waals surface area contributed by atoms with Gasteiger partial charge in [0.05, 0.1) is 12.2 Å². The van der Waals surface area contributed by atoms with Gasteiger partial charge in [0, 0.05) is 4.88 Å². The fraction of sp³-hybridized carbons (Fsp3) is 0.308. The van der Waals surface area contributed by atoms with Gasteiger partial charge in [-0.05, 0) is 60.9 Å². The highest BCUT2D eigenvalue weighted by atomic mass is 32.1. The molecule has 0 fully saturated rings. The average molecular weight is 450 g/mol. The predicted molar refractivity (Wildman–Crippen MR) is 127 cm³/mol. The number of hydrogen-bond acceptors (Lipinski definition) is 5. The number of rotatable bonds is 7. The molecule has 2 aromatic carbocycles. The first-order valence-corrected chi connectivity index (χ1v) is 11.8. The standard InChI is InChI=1S/C26H27NO4S/c1-3-30-26(29)24-21-14-9-17(2)15-22(21)32-25(24)27-23(28)16-31-20-12-10-19(11-13-20)18-7-5-4-6-8-18/h4-8,10-13,17H,3,9,14-16H2,1-2H3,(H,27,28)/t17-/m0/s1. The zero-order valence-electron chi connectivity index (χ0n) is 18.4. The summed E-state index contributed by atoms with van der Waals surface area (Å²) in [4.78, 5) is 26.4. The summed E-state index contributed by atoms with van der Waals surface area (Å²) in [6, 6.07) is 17.7. The SMILES string of the molecule is CCOC(=O)c1c(NC(=O)COc2ccc(-c3ccccc3)cc2)sc2c1CC[C@H](C)C2. The van der Waals surface area contributed by atoms with E-state index in [1.54, 1.807) is 6.92 Å². The zero-order valence-corrected chi connectivity index (χ0v) is 19.2. The minimum absolute atomic E-state index is 0.133. The third-order valence-electron chi connectivity index (χ3n) is 5.58. The number of esters is 1. The predicted octanol–water partition coefficient (Wildman–Crippen LogP) is 5.73. The van der Waals surface area contributed by atoms with Gasteiger partial charge >= 0.3 is 5.97 Å². The fourth-order valence-corrected chi connectivity index (χ4v) is 5.36. The summed E-state index contributed by atoms with van der Waals surface area (Å²) in [6.45, 7) is 4.16. The van der Waals surface area contributed by atoms with Gasteiger partial charge in [-0.15, -0.1) is 11.3 Å². The average Bonchev–Trinajstić information content (AvgIpc) is 3.15. The van der Waals surface area contributed by atoms with Crippen LogP contribution in [0.5, 0.6) is 5.75 Å². The number of benzene rings is 2. The molecule has 3 aromatic rings. The molecule has 4 rings (SSSR count). The molecule has 1 aliphatic rings. The molecule has 1 N–H and O–H groups in total. The van der Waals surface area contributed by atoms with E-state index >= 15 is 0 Å². The van der Waals surface area contributed by atoms with Crippen molar-refractivity contribution in [2.75, 3.05) is 18.5 Å². The maximum absolute atomic E-state index is 12.6. The van der Waals surface area contributed by atoms with Gasteiger partial charge in [0.1, 0.15) is 10.8 Å². The Morgan fingerprint density at radius 3 is 2.50 bits per heavy atom. The van der Waals surface area contributed by atoms with E-state index in [0.29, 0.717) is 28.8 Å². The van der Waals surface area contributed by atoms with Crippen LogP contribution in [0.2, 0.25) is 0 Å². The van der Waals surface area contributed by atoms with Gasteiger partial charge in [0.2, 0.25) is 0 Å². The highest BCUT2D eigenvalue weighted by molar-refractivity contribution is 7.17. The van der Waals surface area contributed by atoms with Crippen molar-refractivity contribution < 1.29 is 19.1 Å². The molecule has 0 bridgehead atoms. The molecule has 0 unspecified atom stereocenters. The molecule has 0 radical (unpaired) electrons. The van der Waals surface area contributed by atoms with Crippen LogP contribution in [-0.2, 0) is 22.4 Å². The van der Waals surface area contributed by atoms with Crippen molar-refractivity contribution in [3.8, 4) is 16.9 Å². The van der Waals surface area contributed by atoms with Gasteiger partial charge in [0.15, 0.2) is 6.61 Å². The smallest absolute Gasteiger partial charge is 0.341 e. The summed E-state index contributed by atoms with van der Waals surface area (Å²) in [5.41, 5.74) is 3.75. The van der Waals surface area contributed by atoms with Crippen molar-refractivity contribution in [2.24, 2.45) is 5.92 Å². The minimum atomic E-state index is -0.368. The molecule has 6 heteroatoms. The summed E-state index contributed by atoms with van der Waals surface area (Å²) < 4.78 is 10.9. The van der Waals surface area contributed by atoms with Crippen molar-refractivity contribution in [1.82, 2.24) is 0 Å². The largest absolute Gasteiger partial charge is 0.484 e. The molecule has 166 valence electrons. The molecule has 32 heavy (non-hydrogen) atoms. The van der Waals surface area contributed by atoms with Crippen molar-refractivity contribution in [3.05, 3.63) is 70.6 Å². The second-order valence-electron chi connectivity index (χ2n) is 8.00. The molecule has 1 heterocycles. The molecule has 0 spiro atoms. The zero-order chi connectivity index (χ0) is 22.5. The van der Waals surface area contributed by atoms with Crippen molar-refractivity contribution in [1.29, 1.82) is 0 Å². The van der Waals surface area contributed by atoms with Gasteiger partial charge in [-0.1, -0.05) is 49.4 Å². The molecule has 1 aliphatic carbocycles. The Kier molecular flexibility index (Phi) is 6.90. The van der Waals surface area contributed by atoms with Crippen LogP contribution in [0.3, 0.4) is 0 Å². The molecular formula is C26H27NO4S. The normalized spacial score (nSPS) is 15.0. The molecule has 1 aromatic heterocycles. The number of thiophene rings is 1. The van der Waals surface area contributed by atoms with E-state index in [1.807, 2.05) is 54.6 Å². The van der Waals surface area contributed by atoms with E-state index in [-0.39, 0.29) is 18.5 Å². The van der Waals surface area contributed by atoms with Gasteiger partial charge < -0.3 is 14.8 Å². The lowest BCUT2D eigenvalue weighted by Crippen LogP contribution is -2.21. The molecule has 1 amide bonds. The van der Waals surface area contributed by atoms with E-state index < -0.39 is 0 Å². The molecule has 5 nitrogen and oxygen atoms in total. The molecule has 1 atom stereocenters.